The number of carbonyl (C=O) groups is 2. The Labute approximate surface area is 143 Å². The van der Waals surface area contributed by atoms with Crippen LogP contribution in [-0.4, -0.2) is 37.6 Å². The second kappa shape index (κ2) is 6.68. The Hall–Kier alpha value is -3.29. The number of carboxylic acids is 1. The molecule has 0 unspecified atom stereocenters. The highest BCUT2D eigenvalue weighted by Crippen LogP contribution is 2.24. The first-order valence-corrected chi connectivity index (χ1v) is 7.72. The molecule has 0 radical (unpaired) electrons. The fraction of sp³-hybridized carbons (Fsp3) is 0.235. The van der Waals surface area contributed by atoms with E-state index in [0.717, 1.165) is 22.5 Å². The lowest BCUT2D eigenvalue weighted by atomic mass is 10.0. The fourth-order valence-corrected chi connectivity index (χ4v) is 2.82. The van der Waals surface area contributed by atoms with Crippen molar-refractivity contribution in [2.45, 2.75) is 26.7 Å². The number of H-pyrrole nitrogens is 1. The molecule has 0 spiro atoms. The first-order chi connectivity index (χ1) is 12.0. The van der Waals surface area contributed by atoms with Crippen LogP contribution in [0.4, 0.5) is 0 Å². The molecule has 3 N–H and O–H groups in total. The Morgan fingerprint density at radius 3 is 2.68 bits per heavy atom. The topological polar surface area (TPSA) is 120 Å². The molecular formula is C17H17N5O3. The Bertz CT molecular complexity index is 897. The molecule has 128 valence electrons. The van der Waals surface area contributed by atoms with E-state index >= 15 is 0 Å². The van der Waals surface area contributed by atoms with Crippen molar-refractivity contribution in [2.24, 2.45) is 5.10 Å². The summed E-state index contributed by atoms with van der Waals surface area (Å²) in [6, 6.07) is 0. The molecule has 0 atom stereocenters. The zero-order chi connectivity index (χ0) is 18.0. The molecule has 1 aliphatic heterocycles. The lowest BCUT2D eigenvalue weighted by molar-refractivity contribution is -0.137. The van der Waals surface area contributed by atoms with Crippen LogP contribution in [0, 0.1) is 13.8 Å². The molecule has 0 aliphatic carbocycles. The second-order valence-corrected chi connectivity index (χ2v) is 5.75. The van der Waals surface area contributed by atoms with Crippen molar-refractivity contribution in [3.8, 4) is 0 Å². The monoisotopic (exact) mass is 339 g/mol. The maximum absolute atomic E-state index is 12.2. The van der Waals surface area contributed by atoms with E-state index in [4.69, 9.17) is 5.11 Å². The molecule has 2 aromatic rings. The summed E-state index contributed by atoms with van der Waals surface area (Å²) < 4.78 is 0. The Balaban J connectivity index is 1.97. The molecule has 0 bridgehead atoms. The molecule has 3 rings (SSSR count). The third-order valence-corrected chi connectivity index (χ3v) is 4.11. The molecule has 2 aromatic heterocycles. The van der Waals surface area contributed by atoms with Gasteiger partial charge in [0.15, 0.2) is 0 Å². The number of aromatic nitrogens is 3. The summed E-state index contributed by atoms with van der Waals surface area (Å²) in [5.41, 5.74) is 7.51. The molecule has 8 nitrogen and oxygen atoms in total. The van der Waals surface area contributed by atoms with Crippen LogP contribution in [0.5, 0.6) is 0 Å². The number of nitrogens with one attached hydrogen (secondary N) is 2. The quantitative estimate of drug-likeness (QED) is 0.710. The minimum Gasteiger partial charge on any atom is -0.481 e. The predicted molar refractivity (Wildman–Crippen MR) is 90.9 cm³/mol. The van der Waals surface area contributed by atoms with Crippen LogP contribution in [0.3, 0.4) is 0 Å². The van der Waals surface area contributed by atoms with Crippen LogP contribution in [0.15, 0.2) is 29.4 Å². The van der Waals surface area contributed by atoms with Crippen molar-refractivity contribution in [1.82, 2.24) is 20.4 Å². The Kier molecular flexibility index (Phi) is 4.42. The molecular weight excluding hydrogens is 322 g/mol. The Morgan fingerprint density at radius 1 is 1.28 bits per heavy atom. The van der Waals surface area contributed by atoms with Gasteiger partial charge >= 0.3 is 5.97 Å². The van der Waals surface area contributed by atoms with Crippen molar-refractivity contribution in [2.75, 3.05) is 0 Å². The number of nitrogens with zero attached hydrogens (tertiary/aromatic N) is 3. The van der Waals surface area contributed by atoms with Gasteiger partial charge in [0.2, 0.25) is 0 Å². The number of carbonyl (C=O) groups excluding carboxylic acids is 1. The number of hydrazone groups is 1. The second-order valence-electron chi connectivity index (χ2n) is 5.75. The fourth-order valence-electron chi connectivity index (χ4n) is 2.82. The van der Waals surface area contributed by atoms with Crippen molar-refractivity contribution < 1.29 is 14.7 Å². The van der Waals surface area contributed by atoms with Crippen LogP contribution in [0.25, 0.3) is 6.08 Å². The van der Waals surface area contributed by atoms with Crippen LogP contribution in [0.1, 0.15) is 34.5 Å². The third kappa shape index (κ3) is 3.32. The zero-order valence-electron chi connectivity index (χ0n) is 13.8. The van der Waals surface area contributed by atoms with Gasteiger partial charge in [0.25, 0.3) is 5.91 Å². The molecule has 3 heterocycles. The van der Waals surface area contributed by atoms with Crippen molar-refractivity contribution in [1.29, 1.82) is 0 Å². The molecule has 1 aliphatic rings. The average molecular weight is 339 g/mol. The van der Waals surface area contributed by atoms with Gasteiger partial charge in [-0.3, -0.25) is 9.59 Å². The molecule has 0 fully saturated rings. The van der Waals surface area contributed by atoms with Crippen LogP contribution >= 0.6 is 0 Å². The number of aryl methyl sites for hydroxylation is 1. The minimum atomic E-state index is -0.839. The molecule has 25 heavy (non-hydrogen) atoms. The number of rotatable bonds is 5. The number of hydrogen-bond acceptors (Lipinski definition) is 5. The number of amides is 1. The number of aromatic amines is 1. The molecule has 8 heteroatoms. The lowest BCUT2D eigenvalue weighted by Crippen LogP contribution is -2.13. The van der Waals surface area contributed by atoms with Gasteiger partial charge in [-0.15, -0.1) is 0 Å². The molecule has 1 amide bonds. The average Bonchev–Trinajstić information content (AvgIpc) is 3.07. The number of carboxylic acid groups (broad SMARTS) is 1. The van der Waals surface area contributed by atoms with Crippen LogP contribution in [0.2, 0.25) is 0 Å². The first kappa shape index (κ1) is 16.6. The summed E-state index contributed by atoms with van der Waals surface area (Å²) in [5.74, 6) is -1.15. The van der Waals surface area contributed by atoms with E-state index in [1.54, 1.807) is 18.5 Å². The predicted octanol–water partition coefficient (Wildman–Crippen LogP) is 1.36. The van der Waals surface area contributed by atoms with E-state index in [9.17, 15) is 9.59 Å². The molecule has 0 aromatic carbocycles. The standard InChI is InChI=1S/C17H17N5O3/c1-9-12(3-4-15(23)24)10(2)20-14(9)5-13-16(21-22-17(13)25)11-6-18-8-19-7-11/h5-8,20H,3-4H2,1-2H3,(H,22,25)(H,23,24)/b13-5+. The van der Waals surface area contributed by atoms with Crippen LogP contribution < -0.4 is 5.43 Å². The maximum Gasteiger partial charge on any atom is 0.303 e. The normalized spacial score (nSPS) is 15.4. The maximum atomic E-state index is 12.2. The molecule has 0 saturated heterocycles. The van der Waals surface area contributed by atoms with Gasteiger partial charge in [-0.05, 0) is 37.5 Å². The largest absolute Gasteiger partial charge is 0.481 e. The summed E-state index contributed by atoms with van der Waals surface area (Å²) in [5, 5.41) is 12.9. The van der Waals surface area contributed by atoms with Gasteiger partial charge < -0.3 is 10.1 Å². The van der Waals surface area contributed by atoms with Gasteiger partial charge in [0.05, 0.1) is 5.57 Å². The highest BCUT2D eigenvalue weighted by Gasteiger charge is 2.25. The highest BCUT2D eigenvalue weighted by atomic mass is 16.4. The number of aliphatic carboxylic acids is 1. The number of hydrogen-bond donors (Lipinski definition) is 3. The summed E-state index contributed by atoms with van der Waals surface area (Å²) >= 11 is 0. The third-order valence-electron chi connectivity index (χ3n) is 4.11. The van der Waals surface area contributed by atoms with E-state index in [-0.39, 0.29) is 12.3 Å². The van der Waals surface area contributed by atoms with Gasteiger partial charge in [0, 0.05) is 35.8 Å². The van der Waals surface area contributed by atoms with Crippen molar-refractivity contribution >= 4 is 23.7 Å². The zero-order valence-corrected chi connectivity index (χ0v) is 13.8. The summed E-state index contributed by atoms with van der Waals surface area (Å²) in [6.45, 7) is 3.79. The van der Waals surface area contributed by atoms with E-state index in [1.807, 2.05) is 13.8 Å². The van der Waals surface area contributed by atoms with Gasteiger partial charge in [-0.1, -0.05) is 0 Å². The van der Waals surface area contributed by atoms with E-state index in [1.165, 1.54) is 6.33 Å². The lowest BCUT2D eigenvalue weighted by Gasteiger charge is -2.02. The van der Waals surface area contributed by atoms with Gasteiger partial charge in [-0.2, -0.15) is 5.10 Å². The summed E-state index contributed by atoms with van der Waals surface area (Å²) in [4.78, 5) is 34.1. The minimum absolute atomic E-state index is 0.0596. The Morgan fingerprint density at radius 2 is 2.00 bits per heavy atom. The highest BCUT2D eigenvalue weighted by molar-refractivity contribution is 6.33. The first-order valence-electron chi connectivity index (χ1n) is 7.72. The van der Waals surface area contributed by atoms with Crippen LogP contribution in [-0.2, 0) is 16.0 Å². The van der Waals surface area contributed by atoms with E-state index < -0.39 is 5.97 Å². The summed E-state index contributed by atoms with van der Waals surface area (Å²) in [6.07, 6.45) is 6.80. The van der Waals surface area contributed by atoms with E-state index in [2.05, 4.69) is 25.5 Å². The van der Waals surface area contributed by atoms with Gasteiger partial charge in [-0.25, -0.2) is 15.4 Å². The smallest absolute Gasteiger partial charge is 0.303 e. The molecule has 0 saturated carbocycles. The SMILES string of the molecule is Cc1[nH]c(/C=C2/C(=O)NN=C2c2cncnc2)c(C)c1CCC(=O)O. The van der Waals surface area contributed by atoms with Crippen molar-refractivity contribution in [3.05, 3.63) is 52.4 Å². The van der Waals surface area contributed by atoms with Crippen molar-refractivity contribution in [3.63, 3.8) is 0 Å². The van der Waals surface area contributed by atoms with E-state index in [0.29, 0.717) is 23.3 Å². The van der Waals surface area contributed by atoms with Gasteiger partial charge in [0.1, 0.15) is 12.0 Å². The summed E-state index contributed by atoms with van der Waals surface area (Å²) in [7, 11) is 0.